The molecule has 150 valence electrons. The summed E-state index contributed by atoms with van der Waals surface area (Å²) in [6.07, 6.45) is 1.07. The Labute approximate surface area is 166 Å². The molecule has 0 heterocycles. The first-order valence-electron chi connectivity index (χ1n) is 8.80. The van der Waals surface area contributed by atoms with Crippen molar-refractivity contribution in [1.82, 2.24) is 4.72 Å². The van der Waals surface area contributed by atoms with E-state index in [2.05, 4.69) is 11.3 Å². The molecule has 1 N–H and O–H groups in total. The van der Waals surface area contributed by atoms with Crippen LogP contribution < -0.4 is 4.72 Å². The Bertz CT molecular complexity index is 879. The number of sulfonamides is 1. The second kappa shape index (κ2) is 10.2. The van der Waals surface area contributed by atoms with Crippen LogP contribution in [-0.2, 0) is 30.9 Å². The number of benzene rings is 2. The molecular weight excluding hydrogens is 378 g/mol. The number of carbonyl (C=O) groups is 1. The molecule has 6 nitrogen and oxygen atoms in total. The van der Waals surface area contributed by atoms with Crippen LogP contribution in [0.15, 0.2) is 72.1 Å². The van der Waals surface area contributed by atoms with Crippen LogP contribution in [0.4, 0.5) is 0 Å². The van der Waals surface area contributed by atoms with Gasteiger partial charge in [0.05, 0.1) is 24.7 Å². The summed E-state index contributed by atoms with van der Waals surface area (Å²) in [5.74, 6) is -0.726. The average molecular weight is 404 g/mol. The van der Waals surface area contributed by atoms with Crippen LogP contribution in [0.25, 0.3) is 0 Å². The Morgan fingerprint density at radius 2 is 1.79 bits per heavy atom. The van der Waals surface area contributed by atoms with Gasteiger partial charge in [-0.3, -0.25) is 4.79 Å². The lowest BCUT2D eigenvalue weighted by Crippen LogP contribution is -2.50. The van der Waals surface area contributed by atoms with Crippen molar-refractivity contribution in [2.24, 2.45) is 0 Å². The second-order valence-electron chi connectivity index (χ2n) is 6.29. The minimum absolute atomic E-state index is 0.0624. The third kappa shape index (κ3) is 6.02. The number of carbonyl (C=O) groups excluding carboxylic acids is 1. The summed E-state index contributed by atoms with van der Waals surface area (Å²) >= 11 is 0. The van der Waals surface area contributed by atoms with E-state index in [0.717, 1.165) is 11.1 Å². The molecular formula is C21H25NO5S. The fourth-order valence-electron chi connectivity index (χ4n) is 2.60. The number of methoxy groups -OCH3 is 1. The number of esters is 1. The van der Waals surface area contributed by atoms with E-state index in [1.807, 2.05) is 37.3 Å². The zero-order chi connectivity index (χ0) is 20.6. The number of ether oxygens (including phenoxy) is 2. The average Bonchev–Trinajstić information content (AvgIpc) is 2.70. The van der Waals surface area contributed by atoms with Gasteiger partial charge in [-0.15, -0.1) is 6.58 Å². The fourth-order valence-corrected chi connectivity index (χ4v) is 3.81. The van der Waals surface area contributed by atoms with Crippen LogP contribution in [-0.4, -0.2) is 33.6 Å². The van der Waals surface area contributed by atoms with E-state index < -0.39 is 28.1 Å². The standard InChI is InChI=1S/C21H25NO5S/c1-4-8-19(27-15-17-9-6-5-7-10-17)20(21(23)26-3)22-28(24,25)18-13-11-16(2)12-14-18/h4-7,9-14,19-20,22H,1,8,15H2,2-3H3/t19-,20-/m0/s1. The van der Waals surface area contributed by atoms with Crippen LogP contribution in [0.3, 0.4) is 0 Å². The molecule has 0 aliphatic heterocycles. The number of hydrogen-bond donors (Lipinski definition) is 1. The summed E-state index contributed by atoms with van der Waals surface area (Å²) in [4.78, 5) is 12.4. The number of nitrogens with one attached hydrogen (secondary N) is 1. The highest BCUT2D eigenvalue weighted by atomic mass is 32.2. The molecule has 0 fully saturated rings. The Morgan fingerprint density at radius 3 is 2.36 bits per heavy atom. The molecule has 0 spiro atoms. The van der Waals surface area contributed by atoms with Gasteiger partial charge in [0.25, 0.3) is 0 Å². The van der Waals surface area contributed by atoms with Crippen LogP contribution in [0.1, 0.15) is 17.5 Å². The molecule has 0 aliphatic carbocycles. The topological polar surface area (TPSA) is 81.7 Å². The normalized spacial score (nSPS) is 13.5. The number of aryl methyl sites for hydroxylation is 1. The van der Waals surface area contributed by atoms with Crippen LogP contribution in [0.5, 0.6) is 0 Å². The smallest absolute Gasteiger partial charge is 0.326 e. The van der Waals surface area contributed by atoms with Gasteiger partial charge >= 0.3 is 5.97 Å². The van der Waals surface area contributed by atoms with Crippen molar-refractivity contribution >= 4 is 16.0 Å². The van der Waals surface area contributed by atoms with Crippen LogP contribution in [0.2, 0.25) is 0 Å². The first-order chi connectivity index (χ1) is 13.4. The minimum atomic E-state index is -3.94. The third-order valence-corrected chi connectivity index (χ3v) is 5.60. The zero-order valence-electron chi connectivity index (χ0n) is 16.0. The largest absolute Gasteiger partial charge is 0.468 e. The summed E-state index contributed by atoms with van der Waals surface area (Å²) in [7, 11) is -2.74. The van der Waals surface area contributed by atoms with Gasteiger partial charge in [0.2, 0.25) is 10.0 Å². The molecule has 0 aromatic heterocycles. The van der Waals surface area contributed by atoms with E-state index in [4.69, 9.17) is 9.47 Å². The van der Waals surface area contributed by atoms with Gasteiger partial charge in [-0.2, -0.15) is 4.72 Å². The van der Waals surface area contributed by atoms with E-state index >= 15 is 0 Å². The summed E-state index contributed by atoms with van der Waals surface area (Å²) in [5, 5.41) is 0. The van der Waals surface area contributed by atoms with Crippen LogP contribution >= 0.6 is 0 Å². The van der Waals surface area contributed by atoms with Gasteiger partial charge in [-0.1, -0.05) is 54.1 Å². The molecule has 28 heavy (non-hydrogen) atoms. The minimum Gasteiger partial charge on any atom is -0.468 e. The molecule has 0 saturated heterocycles. The van der Waals surface area contributed by atoms with Gasteiger partial charge < -0.3 is 9.47 Å². The van der Waals surface area contributed by atoms with E-state index in [1.54, 1.807) is 18.2 Å². The quantitative estimate of drug-likeness (QED) is 0.487. The van der Waals surface area contributed by atoms with Crippen molar-refractivity contribution in [3.8, 4) is 0 Å². The predicted molar refractivity (Wildman–Crippen MR) is 107 cm³/mol. The maximum absolute atomic E-state index is 12.8. The zero-order valence-corrected chi connectivity index (χ0v) is 16.8. The maximum Gasteiger partial charge on any atom is 0.326 e. The summed E-state index contributed by atoms with van der Waals surface area (Å²) in [6, 6.07) is 14.5. The van der Waals surface area contributed by atoms with Crippen molar-refractivity contribution in [2.75, 3.05) is 7.11 Å². The molecule has 2 atom stereocenters. The van der Waals surface area contributed by atoms with Crippen molar-refractivity contribution in [2.45, 2.75) is 37.0 Å². The van der Waals surface area contributed by atoms with Gasteiger partial charge in [-0.25, -0.2) is 8.42 Å². The third-order valence-electron chi connectivity index (χ3n) is 4.15. The Morgan fingerprint density at radius 1 is 1.14 bits per heavy atom. The highest BCUT2D eigenvalue weighted by Crippen LogP contribution is 2.16. The summed E-state index contributed by atoms with van der Waals surface area (Å²) in [6.45, 7) is 5.76. The van der Waals surface area contributed by atoms with Crippen molar-refractivity contribution < 1.29 is 22.7 Å². The van der Waals surface area contributed by atoms with Gasteiger partial charge in [0.15, 0.2) is 0 Å². The molecule has 2 aromatic carbocycles. The fraction of sp³-hybridized carbons (Fsp3) is 0.286. The second-order valence-corrected chi connectivity index (χ2v) is 8.01. The van der Waals surface area contributed by atoms with Gasteiger partial charge in [-0.05, 0) is 31.0 Å². The van der Waals surface area contributed by atoms with E-state index in [1.165, 1.54) is 19.2 Å². The Balaban J connectivity index is 2.24. The Hall–Kier alpha value is -2.48. The molecule has 0 unspecified atom stereocenters. The van der Waals surface area contributed by atoms with E-state index in [9.17, 15) is 13.2 Å². The Kier molecular flexibility index (Phi) is 7.92. The molecule has 0 amide bonds. The lowest BCUT2D eigenvalue weighted by Gasteiger charge is -2.25. The maximum atomic E-state index is 12.8. The van der Waals surface area contributed by atoms with Crippen molar-refractivity contribution in [3.05, 3.63) is 78.4 Å². The summed E-state index contributed by atoms with van der Waals surface area (Å²) in [5.41, 5.74) is 1.83. The first-order valence-corrected chi connectivity index (χ1v) is 10.3. The van der Waals surface area contributed by atoms with Gasteiger partial charge in [0, 0.05) is 0 Å². The van der Waals surface area contributed by atoms with Crippen LogP contribution in [0, 0.1) is 6.92 Å². The first kappa shape index (κ1) is 21.8. The predicted octanol–water partition coefficient (Wildman–Crippen LogP) is 2.98. The molecule has 7 heteroatoms. The monoisotopic (exact) mass is 403 g/mol. The summed E-state index contributed by atoms with van der Waals surface area (Å²) < 4.78 is 38.6. The SMILES string of the molecule is C=CC[C@H](OCc1ccccc1)[C@H](NS(=O)(=O)c1ccc(C)cc1)C(=O)OC. The molecule has 0 aliphatic rings. The lowest BCUT2D eigenvalue weighted by molar-refractivity contribution is -0.147. The lowest BCUT2D eigenvalue weighted by atomic mass is 10.1. The highest BCUT2D eigenvalue weighted by molar-refractivity contribution is 7.89. The molecule has 0 radical (unpaired) electrons. The highest BCUT2D eigenvalue weighted by Gasteiger charge is 2.34. The van der Waals surface area contributed by atoms with Crippen molar-refractivity contribution in [3.63, 3.8) is 0 Å². The van der Waals surface area contributed by atoms with E-state index in [0.29, 0.717) is 0 Å². The number of rotatable bonds is 10. The number of hydrogen-bond acceptors (Lipinski definition) is 5. The molecule has 0 saturated carbocycles. The van der Waals surface area contributed by atoms with E-state index in [-0.39, 0.29) is 17.9 Å². The van der Waals surface area contributed by atoms with Crippen molar-refractivity contribution in [1.29, 1.82) is 0 Å². The molecule has 2 aromatic rings. The molecule has 0 bridgehead atoms. The molecule has 2 rings (SSSR count). The van der Waals surface area contributed by atoms with Gasteiger partial charge in [0.1, 0.15) is 6.04 Å².